The van der Waals surface area contributed by atoms with Gasteiger partial charge in [-0.2, -0.15) is 0 Å². The third-order valence-electron chi connectivity index (χ3n) is 2.77. The van der Waals surface area contributed by atoms with Crippen molar-refractivity contribution in [2.75, 3.05) is 21.1 Å². The number of allylic oxidation sites excluding steroid dienone is 2. The summed E-state index contributed by atoms with van der Waals surface area (Å²) in [5.74, 6) is 0.375. The summed E-state index contributed by atoms with van der Waals surface area (Å²) in [5.41, 5.74) is 2.53. The Morgan fingerprint density at radius 1 is 1.22 bits per heavy atom. The Labute approximate surface area is 111 Å². The molecule has 0 saturated heterocycles. The van der Waals surface area contributed by atoms with Gasteiger partial charge in [-0.05, 0) is 25.8 Å². The third-order valence-corrected chi connectivity index (χ3v) is 2.77. The second-order valence-electron chi connectivity index (χ2n) is 5.45. The molecule has 1 aromatic rings. The molecular weight excluding hydrogens is 220 g/mol. The van der Waals surface area contributed by atoms with Gasteiger partial charge in [-0.3, -0.25) is 0 Å². The number of quaternary nitrogens is 1. The first-order valence-electron chi connectivity index (χ1n) is 6.48. The topological polar surface area (TPSA) is 12.4 Å². The van der Waals surface area contributed by atoms with Crippen molar-refractivity contribution in [3.05, 3.63) is 48.0 Å². The molecule has 0 fully saturated rings. The quantitative estimate of drug-likeness (QED) is 0.324. The van der Waals surface area contributed by atoms with E-state index in [0.717, 1.165) is 6.42 Å². The summed E-state index contributed by atoms with van der Waals surface area (Å²) in [6.07, 6.45) is 5.33. The molecule has 0 N–H and O–H groups in total. The largest absolute Gasteiger partial charge is 0.205 e. The Morgan fingerprint density at radius 3 is 2.33 bits per heavy atom. The van der Waals surface area contributed by atoms with Crippen LogP contribution in [0.1, 0.15) is 31.7 Å². The Morgan fingerprint density at radius 2 is 1.83 bits per heavy atom. The number of rotatable bonds is 5. The van der Waals surface area contributed by atoms with E-state index in [-0.39, 0.29) is 0 Å². The molecule has 0 aliphatic heterocycles. The van der Waals surface area contributed by atoms with Gasteiger partial charge in [-0.15, -0.1) is 0 Å². The smallest absolute Gasteiger partial charge is 0.0923 e. The standard InChI is InChI=1S/C16H25N2/c1-6-7-13-16(14(2)17-18(3,4)5)15-11-9-8-10-12-15/h6-12,16H,13H2,1-5H3/q+1. The van der Waals surface area contributed by atoms with Gasteiger partial charge < -0.3 is 0 Å². The van der Waals surface area contributed by atoms with Gasteiger partial charge >= 0.3 is 0 Å². The fourth-order valence-corrected chi connectivity index (χ4v) is 2.05. The maximum Gasteiger partial charge on any atom is 0.0923 e. The summed E-state index contributed by atoms with van der Waals surface area (Å²) in [6, 6.07) is 10.6. The third kappa shape index (κ3) is 4.84. The average molecular weight is 245 g/mol. The van der Waals surface area contributed by atoms with Gasteiger partial charge in [0.05, 0.1) is 26.9 Å². The van der Waals surface area contributed by atoms with E-state index in [2.05, 4.69) is 77.5 Å². The maximum absolute atomic E-state index is 4.76. The highest BCUT2D eigenvalue weighted by molar-refractivity contribution is 5.88. The molecule has 1 atom stereocenters. The normalized spacial score (nSPS) is 15.1. The maximum atomic E-state index is 4.76. The molecule has 98 valence electrons. The van der Waals surface area contributed by atoms with Gasteiger partial charge in [0, 0.05) is 5.92 Å². The summed E-state index contributed by atoms with van der Waals surface area (Å²) < 4.78 is 0.616. The van der Waals surface area contributed by atoms with Crippen LogP contribution in [0.2, 0.25) is 0 Å². The second-order valence-corrected chi connectivity index (χ2v) is 5.45. The first-order chi connectivity index (χ1) is 8.44. The molecule has 0 aliphatic carbocycles. The van der Waals surface area contributed by atoms with Crippen molar-refractivity contribution in [3.63, 3.8) is 0 Å². The van der Waals surface area contributed by atoms with Gasteiger partial charge in [0.2, 0.25) is 0 Å². The molecule has 2 nitrogen and oxygen atoms in total. The van der Waals surface area contributed by atoms with Crippen LogP contribution in [0.3, 0.4) is 0 Å². The first kappa shape index (κ1) is 14.7. The fourth-order valence-electron chi connectivity index (χ4n) is 2.05. The Bertz CT molecular complexity index is 410. The van der Waals surface area contributed by atoms with Crippen LogP contribution in [0.25, 0.3) is 0 Å². The molecule has 0 radical (unpaired) electrons. The van der Waals surface area contributed by atoms with Crippen molar-refractivity contribution < 1.29 is 4.59 Å². The first-order valence-corrected chi connectivity index (χ1v) is 6.48. The molecule has 0 amide bonds. The van der Waals surface area contributed by atoms with E-state index >= 15 is 0 Å². The highest BCUT2D eigenvalue weighted by Gasteiger charge is 2.17. The molecule has 18 heavy (non-hydrogen) atoms. The summed E-state index contributed by atoms with van der Waals surface area (Å²) >= 11 is 0. The molecule has 0 saturated carbocycles. The monoisotopic (exact) mass is 245 g/mol. The van der Waals surface area contributed by atoms with Crippen LogP contribution in [0.15, 0.2) is 47.6 Å². The summed E-state index contributed by atoms with van der Waals surface area (Å²) in [4.78, 5) is 0. The van der Waals surface area contributed by atoms with Crippen molar-refractivity contribution in [2.45, 2.75) is 26.2 Å². The van der Waals surface area contributed by atoms with Crippen molar-refractivity contribution in [2.24, 2.45) is 5.10 Å². The lowest BCUT2D eigenvalue weighted by atomic mass is 9.91. The number of benzene rings is 1. The number of nitrogens with zero attached hydrogens (tertiary/aromatic N) is 2. The summed E-state index contributed by atoms with van der Waals surface area (Å²) in [6.45, 7) is 4.19. The molecule has 0 heterocycles. The molecule has 0 spiro atoms. The zero-order valence-electron chi connectivity index (χ0n) is 12.2. The molecule has 1 rings (SSSR count). The lowest BCUT2D eigenvalue weighted by molar-refractivity contribution is -0.877. The Hall–Kier alpha value is -1.41. The van der Waals surface area contributed by atoms with E-state index in [9.17, 15) is 0 Å². The Balaban J connectivity index is 3.03. The van der Waals surface area contributed by atoms with Crippen molar-refractivity contribution in [1.82, 2.24) is 0 Å². The Kier molecular flexibility index (Phi) is 5.29. The molecule has 1 aromatic carbocycles. The van der Waals surface area contributed by atoms with Gasteiger partial charge in [0.15, 0.2) is 0 Å². The minimum Gasteiger partial charge on any atom is -0.205 e. The van der Waals surface area contributed by atoms with Gasteiger partial charge in [-0.1, -0.05) is 47.6 Å². The van der Waals surface area contributed by atoms with Gasteiger partial charge in [0.1, 0.15) is 0 Å². The van der Waals surface area contributed by atoms with Crippen LogP contribution < -0.4 is 0 Å². The molecule has 1 unspecified atom stereocenters. The molecule has 0 aliphatic rings. The van der Waals surface area contributed by atoms with Gasteiger partial charge in [0.25, 0.3) is 0 Å². The van der Waals surface area contributed by atoms with Crippen LogP contribution in [-0.4, -0.2) is 31.4 Å². The molecule has 0 aromatic heterocycles. The molecule has 0 bridgehead atoms. The zero-order chi connectivity index (χ0) is 13.6. The lowest BCUT2D eigenvalue weighted by Gasteiger charge is -2.21. The lowest BCUT2D eigenvalue weighted by Crippen LogP contribution is -2.30. The molecular formula is C16H25N2+. The molecule has 2 heteroatoms. The van der Waals surface area contributed by atoms with Crippen LogP contribution >= 0.6 is 0 Å². The van der Waals surface area contributed by atoms with Crippen molar-refractivity contribution in [1.29, 1.82) is 0 Å². The van der Waals surface area contributed by atoms with Crippen molar-refractivity contribution in [3.8, 4) is 0 Å². The van der Waals surface area contributed by atoms with E-state index in [4.69, 9.17) is 5.10 Å². The van der Waals surface area contributed by atoms with Crippen LogP contribution in [0.4, 0.5) is 0 Å². The van der Waals surface area contributed by atoms with Crippen molar-refractivity contribution >= 4 is 5.71 Å². The SMILES string of the molecule is CC=CCC(C(C)=N[N+](C)(C)C)c1ccccc1. The predicted molar refractivity (Wildman–Crippen MR) is 79.8 cm³/mol. The van der Waals surface area contributed by atoms with Crippen LogP contribution in [0, 0.1) is 0 Å². The van der Waals surface area contributed by atoms with E-state index in [1.54, 1.807) is 0 Å². The van der Waals surface area contributed by atoms with Gasteiger partial charge in [-0.25, -0.2) is 4.59 Å². The van der Waals surface area contributed by atoms with E-state index < -0.39 is 0 Å². The minimum absolute atomic E-state index is 0.375. The van der Waals surface area contributed by atoms with E-state index in [0.29, 0.717) is 10.5 Å². The van der Waals surface area contributed by atoms with E-state index in [1.807, 2.05) is 0 Å². The summed E-state index contributed by atoms with van der Waals surface area (Å²) in [7, 11) is 6.25. The second kappa shape index (κ2) is 6.50. The highest BCUT2D eigenvalue weighted by atomic mass is 15.6. The highest BCUT2D eigenvalue weighted by Crippen LogP contribution is 2.22. The zero-order valence-corrected chi connectivity index (χ0v) is 12.2. The summed E-state index contributed by atoms with van der Waals surface area (Å²) in [5, 5.41) is 4.76. The van der Waals surface area contributed by atoms with Crippen LogP contribution in [0.5, 0.6) is 0 Å². The number of hydrogen-bond donors (Lipinski definition) is 0. The number of hydrogen-bond acceptors (Lipinski definition) is 1. The van der Waals surface area contributed by atoms with E-state index in [1.165, 1.54) is 11.3 Å². The van der Waals surface area contributed by atoms with Crippen LogP contribution in [-0.2, 0) is 0 Å². The minimum atomic E-state index is 0.375. The fraction of sp³-hybridized carbons (Fsp3) is 0.438. The average Bonchev–Trinajstić information content (AvgIpc) is 2.28. The predicted octanol–water partition coefficient (Wildman–Crippen LogP) is 3.82.